The molecule has 0 atom stereocenters. The van der Waals surface area contributed by atoms with Crippen LogP contribution in [0.5, 0.6) is 0 Å². The van der Waals surface area contributed by atoms with Crippen LogP contribution >= 0.6 is 0 Å². The van der Waals surface area contributed by atoms with Gasteiger partial charge in [0, 0.05) is 12.5 Å². The van der Waals surface area contributed by atoms with Gasteiger partial charge in [-0.2, -0.15) is 0 Å². The van der Waals surface area contributed by atoms with Crippen molar-refractivity contribution >= 4 is 11.7 Å². The molecule has 0 unspecified atom stereocenters. The third-order valence-corrected chi connectivity index (χ3v) is 3.17. The third kappa shape index (κ3) is 4.75. The number of hydrogen-bond donors (Lipinski definition) is 1. The van der Waals surface area contributed by atoms with Crippen LogP contribution in [0, 0.1) is 0 Å². The van der Waals surface area contributed by atoms with E-state index >= 15 is 0 Å². The zero-order valence-corrected chi connectivity index (χ0v) is 10.1. The van der Waals surface area contributed by atoms with Gasteiger partial charge in [-0.15, -0.1) is 0 Å². The van der Waals surface area contributed by atoms with Crippen LogP contribution in [0.3, 0.4) is 0 Å². The van der Waals surface area contributed by atoms with Gasteiger partial charge < -0.3 is 10.5 Å². The molecule has 0 bridgehead atoms. The largest absolute Gasteiger partial charge is 0.369 e. The van der Waals surface area contributed by atoms with Gasteiger partial charge in [-0.1, -0.05) is 12.8 Å². The second-order valence-corrected chi connectivity index (χ2v) is 4.68. The fourth-order valence-electron chi connectivity index (χ4n) is 2.39. The summed E-state index contributed by atoms with van der Waals surface area (Å²) in [5.74, 6) is -0.0554. The summed E-state index contributed by atoms with van der Waals surface area (Å²) in [5.41, 5.74) is 5.24. The Morgan fingerprint density at radius 3 is 2.44 bits per heavy atom. The molecule has 0 aromatic heterocycles. The lowest BCUT2D eigenvalue weighted by molar-refractivity contribution is -0.119. The molecule has 2 N–H and O–H groups in total. The topological polar surface area (TPSA) is 63.4 Å². The lowest BCUT2D eigenvalue weighted by Gasteiger charge is -2.27. The minimum absolute atomic E-state index is 0.213. The van der Waals surface area contributed by atoms with Gasteiger partial charge in [-0.3, -0.25) is 9.69 Å². The number of ketones is 1. The molecule has 92 valence electrons. The molecule has 0 spiro atoms. The Bertz CT molecular complexity index is 247. The average molecular weight is 226 g/mol. The zero-order chi connectivity index (χ0) is 12.0. The molecule has 0 aromatic rings. The van der Waals surface area contributed by atoms with E-state index in [1.165, 1.54) is 12.8 Å². The lowest BCUT2D eigenvalue weighted by atomic mass is 10.1. The van der Waals surface area contributed by atoms with Gasteiger partial charge in [-0.05, 0) is 32.7 Å². The van der Waals surface area contributed by atoms with E-state index in [2.05, 4.69) is 4.90 Å². The predicted octanol–water partition coefficient (Wildman–Crippen LogP) is 1.09. The third-order valence-electron chi connectivity index (χ3n) is 3.17. The van der Waals surface area contributed by atoms with Crippen molar-refractivity contribution in [3.63, 3.8) is 0 Å². The molecule has 4 nitrogen and oxygen atoms in total. The number of primary amides is 1. The van der Waals surface area contributed by atoms with Crippen LogP contribution in [0.1, 0.15) is 45.4 Å². The minimum atomic E-state index is -0.269. The Balaban J connectivity index is 2.36. The van der Waals surface area contributed by atoms with Gasteiger partial charge in [0.2, 0.25) is 5.91 Å². The van der Waals surface area contributed by atoms with Crippen molar-refractivity contribution in [1.29, 1.82) is 0 Å². The first kappa shape index (κ1) is 13.2. The first-order valence-electron chi connectivity index (χ1n) is 6.11. The molecule has 0 heterocycles. The van der Waals surface area contributed by atoms with Gasteiger partial charge >= 0.3 is 0 Å². The van der Waals surface area contributed by atoms with Gasteiger partial charge in [-0.25, -0.2) is 0 Å². The maximum Gasteiger partial charge on any atom is 0.231 e. The fraction of sp³-hybridized carbons (Fsp3) is 0.833. The quantitative estimate of drug-likeness (QED) is 0.706. The zero-order valence-electron chi connectivity index (χ0n) is 10.1. The Kier molecular flexibility index (Phi) is 5.46. The Morgan fingerprint density at radius 1 is 1.31 bits per heavy atom. The van der Waals surface area contributed by atoms with Crippen LogP contribution in [0.2, 0.25) is 0 Å². The number of carbonyl (C=O) groups excluding carboxylic acids is 2. The summed E-state index contributed by atoms with van der Waals surface area (Å²) < 4.78 is 0. The second-order valence-electron chi connectivity index (χ2n) is 4.68. The number of nitrogens with two attached hydrogens (primary N) is 1. The molecule has 1 aliphatic rings. The smallest absolute Gasteiger partial charge is 0.231 e. The Labute approximate surface area is 97.2 Å². The van der Waals surface area contributed by atoms with Crippen LogP contribution in [-0.2, 0) is 9.59 Å². The van der Waals surface area contributed by atoms with E-state index in [4.69, 9.17) is 5.73 Å². The first-order chi connectivity index (χ1) is 7.59. The molecule has 1 fully saturated rings. The van der Waals surface area contributed by atoms with E-state index in [-0.39, 0.29) is 11.7 Å². The first-order valence-corrected chi connectivity index (χ1v) is 6.11. The van der Waals surface area contributed by atoms with E-state index in [9.17, 15) is 9.59 Å². The molecule has 0 aliphatic heterocycles. The summed E-state index contributed by atoms with van der Waals surface area (Å²) in [5, 5.41) is 0. The highest BCUT2D eigenvalue weighted by Crippen LogP contribution is 2.23. The molecule has 0 aromatic carbocycles. The number of nitrogens with zero attached hydrogens (tertiary/aromatic N) is 1. The average Bonchev–Trinajstić information content (AvgIpc) is 2.67. The number of Topliss-reactive ketones (excluding diaryl/α,β-unsaturated/α-hetero) is 1. The molecular weight excluding hydrogens is 204 g/mol. The van der Waals surface area contributed by atoms with Crippen molar-refractivity contribution in [1.82, 2.24) is 4.90 Å². The summed E-state index contributed by atoms with van der Waals surface area (Å²) in [7, 11) is 0. The van der Waals surface area contributed by atoms with Crippen LogP contribution < -0.4 is 5.73 Å². The summed E-state index contributed by atoms with van der Waals surface area (Å²) in [6, 6.07) is 0.499. The van der Waals surface area contributed by atoms with Crippen molar-refractivity contribution < 1.29 is 9.59 Å². The van der Waals surface area contributed by atoms with Crippen LogP contribution in [0.15, 0.2) is 0 Å². The molecule has 1 saturated carbocycles. The van der Waals surface area contributed by atoms with E-state index < -0.39 is 0 Å². The van der Waals surface area contributed by atoms with E-state index in [0.717, 1.165) is 25.8 Å². The lowest BCUT2D eigenvalue weighted by Crippen LogP contribution is -2.40. The number of carbonyl (C=O) groups is 2. The molecule has 4 heteroatoms. The minimum Gasteiger partial charge on any atom is -0.369 e. The molecule has 1 aliphatic carbocycles. The molecule has 1 amide bonds. The standard InChI is InChI=1S/C12H22N2O2/c1-10(15)5-4-8-14(9-12(13)16)11-6-2-3-7-11/h11H,2-9H2,1H3,(H2,13,16). The van der Waals surface area contributed by atoms with Crippen LogP contribution in [0.4, 0.5) is 0 Å². The fourth-order valence-corrected chi connectivity index (χ4v) is 2.39. The van der Waals surface area contributed by atoms with E-state index in [0.29, 0.717) is 19.0 Å². The number of hydrogen-bond acceptors (Lipinski definition) is 3. The van der Waals surface area contributed by atoms with Crippen molar-refractivity contribution in [2.24, 2.45) is 5.73 Å². The van der Waals surface area contributed by atoms with Gasteiger partial charge in [0.05, 0.1) is 6.54 Å². The maximum absolute atomic E-state index is 11.0. The predicted molar refractivity (Wildman–Crippen MR) is 62.9 cm³/mol. The summed E-state index contributed by atoms with van der Waals surface area (Å²) in [6.07, 6.45) is 6.24. The highest BCUT2D eigenvalue weighted by Gasteiger charge is 2.23. The number of amides is 1. The second kappa shape index (κ2) is 6.63. The van der Waals surface area contributed by atoms with E-state index in [1.807, 2.05) is 0 Å². The van der Waals surface area contributed by atoms with Crippen molar-refractivity contribution in [2.45, 2.75) is 51.5 Å². The van der Waals surface area contributed by atoms with Gasteiger partial charge in [0.15, 0.2) is 0 Å². The van der Waals surface area contributed by atoms with Gasteiger partial charge in [0.1, 0.15) is 5.78 Å². The number of rotatable bonds is 7. The SMILES string of the molecule is CC(=O)CCCN(CC(N)=O)C1CCCC1. The van der Waals surface area contributed by atoms with E-state index in [1.54, 1.807) is 6.92 Å². The van der Waals surface area contributed by atoms with Crippen molar-refractivity contribution in [3.05, 3.63) is 0 Å². The molecular formula is C12H22N2O2. The summed E-state index contributed by atoms with van der Waals surface area (Å²) >= 11 is 0. The summed E-state index contributed by atoms with van der Waals surface area (Å²) in [6.45, 7) is 2.75. The molecule has 0 radical (unpaired) electrons. The van der Waals surface area contributed by atoms with Crippen LogP contribution in [0.25, 0.3) is 0 Å². The van der Waals surface area contributed by atoms with Crippen LogP contribution in [-0.4, -0.2) is 35.7 Å². The van der Waals surface area contributed by atoms with Gasteiger partial charge in [0.25, 0.3) is 0 Å². The normalized spacial score (nSPS) is 16.9. The van der Waals surface area contributed by atoms with Crippen molar-refractivity contribution in [2.75, 3.05) is 13.1 Å². The van der Waals surface area contributed by atoms with Crippen molar-refractivity contribution in [3.8, 4) is 0 Å². The summed E-state index contributed by atoms with van der Waals surface area (Å²) in [4.78, 5) is 24.0. The molecule has 16 heavy (non-hydrogen) atoms. The Morgan fingerprint density at radius 2 is 1.94 bits per heavy atom. The molecule has 0 saturated heterocycles. The highest BCUT2D eigenvalue weighted by molar-refractivity contribution is 5.76. The monoisotopic (exact) mass is 226 g/mol. The maximum atomic E-state index is 11.0. The Hall–Kier alpha value is -0.900. The highest BCUT2D eigenvalue weighted by atomic mass is 16.1. The molecule has 1 rings (SSSR count).